The molecular weight excluding hydrogens is 282 g/mol. The third-order valence-electron chi connectivity index (χ3n) is 2.47. The molecule has 0 aliphatic carbocycles. The van der Waals surface area contributed by atoms with Gasteiger partial charge in [0.15, 0.2) is 22.9 Å². The van der Waals surface area contributed by atoms with E-state index in [1.165, 1.54) is 23.9 Å². The molecule has 0 spiro atoms. The first-order chi connectivity index (χ1) is 9.65. The maximum atomic E-state index is 11.3. The van der Waals surface area contributed by atoms with Gasteiger partial charge in [-0.3, -0.25) is 5.32 Å². The average molecular weight is 293 g/mol. The van der Waals surface area contributed by atoms with Crippen molar-refractivity contribution in [2.24, 2.45) is 4.99 Å². The van der Waals surface area contributed by atoms with Crippen LogP contribution in [0.25, 0.3) is 0 Å². The van der Waals surface area contributed by atoms with Crippen LogP contribution < -0.4 is 14.8 Å². The molecule has 20 heavy (non-hydrogen) atoms. The van der Waals surface area contributed by atoms with E-state index in [1.807, 2.05) is 0 Å². The predicted molar refractivity (Wildman–Crippen MR) is 73.8 cm³/mol. The number of carboxylic acids is 1. The van der Waals surface area contributed by atoms with Gasteiger partial charge in [-0.15, -0.1) is 0 Å². The van der Waals surface area contributed by atoms with Crippen molar-refractivity contribution >= 4 is 28.6 Å². The van der Waals surface area contributed by atoms with Gasteiger partial charge in [0.25, 0.3) is 0 Å². The zero-order valence-corrected chi connectivity index (χ0v) is 11.4. The SMILES string of the molecule is CSC(=Nc1cc2c(cc1C(=O)O)OCCO2)NC#N. The number of rotatable bonds is 2. The van der Waals surface area contributed by atoms with Crippen molar-refractivity contribution in [1.82, 2.24) is 5.32 Å². The lowest BCUT2D eigenvalue weighted by Crippen LogP contribution is -2.16. The van der Waals surface area contributed by atoms with Gasteiger partial charge in [0.2, 0.25) is 0 Å². The van der Waals surface area contributed by atoms with Gasteiger partial charge in [0.1, 0.15) is 13.2 Å². The highest BCUT2D eigenvalue weighted by Crippen LogP contribution is 2.37. The second-order valence-electron chi connectivity index (χ2n) is 3.68. The van der Waals surface area contributed by atoms with E-state index in [1.54, 1.807) is 12.4 Å². The van der Waals surface area contributed by atoms with Crippen LogP contribution in [-0.2, 0) is 0 Å². The fourth-order valence-corrected chi connectivity index (χ4v) is 1.96. The van der Waals surface area contributed by atoms with E-state index in [4.69, 9.17) is 14.7 Å². The lowest BCUT2D eigenvalue weighted by Gasteiger charge is -2.19. The number of benzene rings is 1. The Hall–Kier alpha value is -2.40. The van der Waals surface area contributed by atoms with Crippen LogP contribution in [-0.4, -0.2) is 35.7 Å². The summed E-state index contributed by atoms with van der Waals surface area (Å²) >= 11 is 1.20. The van der Waals surface area contributed by atoms with E-state index < -0.39 is 5.97 Å². The standard InChI is InChI=1S/C12H11N3O4S/c1-20-12(14-6-13)15-8-5-10-9(18-2-3-19-10)4-7(8)11(16)17/h4-5H,2-3H2,1H3,(H,14,15)(H,16,17). The minimum Gasteiger partial charge on any atom is -0.486 e. The number of nitriles is 1. The molecule has 0 bridgehead atoms. The van der Waals surface area contributed by atoms with E-state index in [0.29, 0.717) is 29.9 Å². The second-order valence-corrected chi connectivity index (χ2v) is 4.47. The van der Waals surface area contributed by atoms with Crippen molar-refractivity contribution in [3.8, 4) is 17.7 Å². The minimum absolute atomic E-state index is 0.0134. The van der Waals surface area contributed by atoms with Crippen LogP contribution in [0.5, 0.6) is 11.5 Å². The van der Waals surface area contributed by atoms with Crippen molar-refractivity contribution < 1.29 is 19.4 Å². The highest BCUT2D eigenvalue weighted by atomic mass is 32.2. The number of hydrogen-bond donors (Lipinski definition) is 2. The summed E-state index contributed by atoms with van der Waals surface area (Å²) in [6.45, 7) is 0.773. The first-order valence-electron chi connectivity index (χ1n) is 5.60. The summed E-state index contributed by atoms with van der Waals surface area (Å²) in [5, 5.41) is 20.5. The van der Waals surface area contributed by atoms with E-state index in [-0.39, 0.29) is 11.3 Å². The van der Waals surface area contributed by atoms with Crippen LogP contribution in [0.1, 0.15) is 10.4 Å². The lowest BCUT2D eigenvalue weighted by atomic mass is 10.1. The normalized spacial score (nSPS) is 13.5. The maximum absolute atomic E-state index is 11.3. The third kappa shape index (κ3) is 2.95. The molecule has 0 saturated carbocycles. The number of carbonyl (C=O) groups is 1. The highest BCUT2D eigenvalue weighted by Gasteiger charge is 2.19. The molecule has 7 nitrogen and oxygen atoms in total. The summed E-state index contributed by atoms with van der Waals surface area (Å²) in [7, 11) is 0. The summed E-state index contributed by atoms with van der Waals surface area (Å²) < 4.78 is 10.7. The molecule has 0 atom stereocenters. The number of hydrogen-bond acceptors (Lipinski definition) is 6. The Kier molecular flexibility index (Phi) is 4.32. The van der Waals surface area contributed by atoms with E-state index in [2.05, 4.69) is 10.3 Å². The summed E-state index contributed by atoms with van der Waals surface area (Å²) in [6.07, 6.45) is 3.47. The third-order valence-corrected chi connectivity index (χ3v) is 3.05. The van der Waals surface area contributed by atoms with Crippen LogP contribution in [0.15, 0.2) is 17.1 Å². The molecule has 0 saturated heterocycles. The maximum Gasteiger partial charge on any atom is 0.338 e. The molecule has 0 fully saturated rings. The Morgan fingerprint density at radius 3 is 2.65 bits per heavy atom. The van der Waals surface area contributed by atoms with E-state index in [0.717, 1.165) is 0 Å². The summed E-state index contributed by atoms with van der Waals surface area (Å²) in [5.74, 6) is -0.304. The minimum atomic E-state index is -1.13. The molecule has 1 aromatic carbocycles. The summed E-state index contributed by atoms with van der Waals surface area (Å²) in [5.41, 5.74) is 0.189. The number of nitrogens with zero attached hydrogens (tertiary/aromatic N) is 2. The van der Waals surface area contributed by atoms with Crippen molar-refractivity contribution in [2.75, 3.05) is 19.5 Å². The fourth-order valence-electron chi connectivity index (χ4n) is 1.62. The van der Waals surface area contributed by atoms with Gasteiger partial charge in [-0.1, -0.05) is 11.8 Å². The molecule has 1 aliphatic heterocycles. The molecule has 8 heteroatoms. The largest absolute Gasteiger partial charge is 0.486 e. The molecule has 0 radical (unpaired) electrons. The molecular formula is C12H11N3O4S. The highest BCUT2D eigenvalue weighted by molar-refractivity contribution is 8.13. The Labute approximate surface area is 119 Å². The number of fused-ring (bicyclic) bond motifs is 1. The topological polar surface area (TPSA) is 104 Å². The van der Waals surface area contributed by atoms with Crippen molar-refractivity contribution in [2.45, 2.75) is 0 Å². The van der Waals surface area contributed by atoms with Gasteiger partial charge in [0.05, 0.1) is 11.3 Å². The molecule has 1 heterocycles. The van der Waals surface area contributed by atoms with Gasteiger partial charge in [-0.25, -0.2) is 9.79 Å². The molecule has 0 unspecified atom stereocenters. The van der Waals surface area contributed by atoms with E-state index in [9.17, 15) is 9.90 Å². The van der Waals surface area contributed by atoms with Gasteiger partial charge < -0.3 is 14.6 Å². The number of carboxylic acid groups (broad SMARTS) is 1. The zero-order chi connectivity index (χ0) is 14.5. The van der Waals surface area contributed by atoms with Gasteiger partial charge in [-0.05, 0) is 6.26 Å². The number of nitrogens with one attached hydrogen (secondary N) is 1. The Morgan fingerprint density at radius 1 is 1.45 bits per heavy atom. The molecule has 0 aromatic heterocycles. The molecule has 1 aliphatic rings. The van der Waals surface area contributed by atoms with Gasteiger partial charge >= 0.3 is 5.97 Å². The van der Waals surface area contributed by atoms with Crippen molar-refractivity contribution in [3.05, 3.63) is 17.7 Å². The number of aromatic carboxylic acids is 1. The zero-order valence-electron chi connectivity index (χ0n) is 10.5. The van der Waals surface area contributed by atoms with E-state index >= 15 is 0 Å². The fraction of sp³-hybridized carbons (Fsp3) is 0.250. The molecule has 2 rings (SSSR count). The summed E-state index contributed by atoms with van der Waals surface area (Å²) in [4.78, 5) is 15.4. The first kappa shape index (κ1) is 14.0. The Morgan fingerprint density at radius 2 is 2.10 bits per heavy atom. The second kappa shape index (κ2) is 6.16. The van der Waals surface area contributed by atoms with Crippen LogP contribution in [0.3, 0.4) is 0 Å². The Bertz CT molecular complexity index is 609. The average Bonchev–Trinajstić information content (AvgIpc) is 2.45. The summed E-state index contributed by atoms with van der Waals surface area (Å²) in [6, 6.07) is 2.87. The number of thioether (sulfide) groups is 1. The quantitative estimate of drug-likeness (QED) is 0.369. The number of aliphatic imine (C=N–C) groups is 1. The smallest absolute Gasteiger partial charge is 0.338 e. The molecule has 1 aromatic rings. The van der Waals surface area contributed by atoms with Crippen LogP contribution in [0, 0.1) is 11.5 Å². The first-order valence-corrected chi connectivity index (χ1v) is 6.83. The van der Waals surface area contributed by atoms with Crippen LogP contribution in [0.4, 0.5) is 5.69 Å². The van der Waals surface area contributed by atoms with Crippen molar-refractivity contribution in [3.63, 3.8) is 0 Å². The molecule has 104 valence electrons. The van der Waals surface area contributed by atoms with Gasteiger partial charge in [0, 0.05) is 12.1 Å². The monoisotopic (exact) mass is 293 g/mol. The molecule has 2 N–H and O–H groups in total. The van der Waals surface area contributed by atoms with Gasteiger partial charge in [-0.2, -0.15) is 5.26 Å². The lowest BCUT2D eigenvalue weighted by molar-refractivity contribution is 0.0696. The number of ether oxygens (including phenoxy) is 2. The van der Waals surface area contributed by atoms with Crippen LogP contribution >= 0.6 is 11.8 Å². The van der Waals surface area contributed by atoms with Crippen LogP contribution in [0.2, 0.25) is 0 Å². The number of amidine groups is 1. The molecule has 0 amide bonds. The predicted octanol–water partition coefficient (Wildman–Crippen LogP) is 1.58. The Balaban J connectivity index is 2.50. The van der Waals surface area contributed by atoms with Crippen molar-refractivity contribution in [1.29, 1.82) is 5.26 Å².